The number of piperidine rings is 1. The van der Waals surface area contributed by atoms with E-state index in [2.05, 4.69) is 23.3 Å². The van der Waals surface area contributed by atoms with Crippen molar-refractivity contribution in [3.05, 3.63) is 69.3 Å². The van der Waals surface area contributed by atoms with Crippen LogP contribution in [0.25, 0.3) is 6.08 Å². The molecule has 2 aromatic rings. The van der Waals surface area contributed by atoms with Gasteiger partial charge in [0.05, 0.1) is 23.0 Å². The molecule has 2 heterocycles. The zero-order valence-corrected chi connectivity index (χ0v) is 20.2. The number of likely N-dealkylation sites (tertiary alicyclic amines) is 1. The highest BCUT2D eigenvalue weighted by molar-refractivity contribution is 5.95. The lowest BCUT2D eigenvalue weighted by Gasteiger charge is -2.64. The van der Waals surface area contributed by atoms with Gasteiger partial charge in [-0.25, -0.2) is 0 Å². The molecule has 1 N–H and O–H groups in total. The minimum absolute atomic E-state index is 0.00305. The van der Waals surface area contributed by atoms with Crippen LogP contribution in [0.1, 0.15) is 36.0 Å². The Hall–Kier alpha value is -3.72. The number of amides is 1. The number of hydrogen-bond donors (Lipinski definition) is 1. The molecule has 2 unspecified atom stereocenters. The molecule has 4 atom stereocenters. The van der Waals surface area contributed by atoms with Gasteiger partial charge < -0.3 is 19.7 Å². The lowest BCUT2D eigenvalue weighted by molar-refractivity contribution is -0.384. The van der Waals surface area contributed by atoms with E-state index in [0.29, 0.717) is 36.3 Å². The lowest BCUT2D eigenvalue weighted by Crippen LogP contribution is -2.81. The summed E-state index contributed by atoms with van der Waals surface area (Å²) in [5.74, 6) is 1.05. The molecular weight excluding hydrogens is 462 g/mol. The molecule has 0 radical (unpaired) electrons. The molecule has 9 nitrogen and oxygen atoms in total. The van der Waals surface area contributed by atoms with Gasteiger partial charge in [0, 0.05) is 36.2 Å². The van der Waals surface area contributed by atoms with Crippen LogP contribution in [-0.4, -0.2) is 59.9 Å². The average Bonchev–Trinajstić information content (AvgIpc) is 3.23. The molecule has 1 saturated carbocycles. The Morgan fingerprint density at radius 2 is 2.03 bits per heavy atom. The van der Waals surface area contributed by atoms with Crippen molar-refractivity contribution >= 4 is 23.5 Å². The Bertz CT molecular complexity index is 1320. The van der Waals surface area contributed by atoms with E-state index in [4.69, 9.17) is 9.47 Å². The van der Waals surface area contributed by atoms with Crippen LogP contribution < -0.4 is 14.8 Å². The van der Waals surface area contributed by atoms with Crippen LogP contribution in [0, 0.1) is 10.1 Å². The number of benzene rings is 2. The molecule has 4 aliphatic rings. The second-order valence-electron chi connectivity index (χ2n) is 10.2. The Morgan fingerprint density at radius 1 is 1.25 bits per heavy atom. The highest BCUT2D eigenvalue weighted by Gasteiger charge is 2.73. The van der Waals surface area contributed by atoms with E-state index in [9.17, 15) is 19.7 Å². The fraction of sp³-hybridized carbons (Fsp3) is 0.407. The van der Waals surface area contributed by atoms with Crippen LogP contribution in [-0.2, 0) is 21.4 Å². The van der Waals surface area contributed by atoms with Gasteiger partial charge >= 0.3 is 0 Å². The van der Waals surface area contributed by atoms with Gasteiger partial charge in [0.25, 0.3) is 5.69 Å². The van der Waals surface area contributed by atoms with Crippen molar-refractivity contribution in [2.45, 2.75) is 48.8 Å². The number of hydrogen-bond acceptors (Lipinski definition) is 7. The van der Waals surface area contributed by atoms with Crippen LogP contribution in [0.3, 0.4) is 0 Å². The number of nitro benzene ring substituents is 1. The third-order valence-electron chi connectivity index (χ3n) is 8.66. The molecule has 2 aliphatic carbocycles. The molecule has 0 aromatic heterocycles. The number of nitro groups is 1. The molecule has 186 valence electrons. The summed E-state index contributed by atoms with van der Waals surface area (Å²) >= 11 is 0. The smallest absolute Gasteiger partial charge is 0.269 e. The molecule has 2 fully saturated rings. The van der Waals surface area contributed by atoms with E-state index >= 15 is 0 Å². The summed E-state index contributed by atoms with van der Waals surface area (Å²) in [5, 5.41) is 14.3. The number of ether oxygens (including phenoxy) is 2. The number of non-ortho nitro benzene ring substituents is 1. The quantitative estimate of drug-likeness (QED) is 0.391. The summed E-state index contributed by atoms with van der Waals surface area (Å²) in [6.07, 6.45) is 4.74. The van der Waals surface area contributed by atoms with Crippen molar-refractivity contribution in [3.63, 3.8) is 0 Å². The highest BCUT2D eigenvalue weighted by atomic mass is 16.6. The van der Waals surface area contributed by atoms with E-state index in [1.54, 1.807) is 25.3 Å². The van der Waals surface area contributed by atoms with Gasteiger partial charge in [-0.2, -0.15) is 0 Å². The maximum Gasteiger partial charge on any atom is 0.269 e. The zero-order chi connectivity index (χ0) is 25.2. The number of nitrogens with one attached hydrogen (secondary N) is 1. The number of methoxy groups -OCH3 is 1. The van der Waals surface area contributed by atoms with Crippen molar-refractivity contribution in [2.24, 2.45) is 0 Å². The molecule has 1 saturated heterocycles. The number of ketones is 1. The predicted octanol–water partition coefficient (Wildman–Crippen LogP) is 2.79. The maximum atomic E-state index is 13.4. The third kappa shape index (κ3) is 2.92. The van der Waals surface area contributed by atoms with Crippen LogP contribution in [0.5, 0.6) is 11.5 Å². The first-order valence-corrected chi connectivity index (χ1v) is 12.2. The Kier molecular flexibility index (Phi) is 4.98. The van der Waals surface area contributed by atoms with Crippen molar-refractivity contribution in [2.75, 3.05) is 20.7 Å². The van der Waals surface area contributed by atoms with E-state index < -0.39 is 22.0 Å². The van der Waals surface area contributed by atoms with E-state index in [1.165, 1.54) is 18.2 Å². The number of Topliss-reactive ketones (excluding diaryl/α,β-unsaturated/α-hetero) is 1. The zero-order valence-electron chi connectivity index (χ0n) is 20.2. The molecule has 1 amide bonds. The van der Waals surface area contributed by atoms with Crippen LogP contribution in [0.15, 0.2) is 42.5 Å². The largest absolute Gasteiger partial charge is 0.493 e. The van der Waals surface area contributed by atoms with Crippen molar-refractivity contribution < 1.29 is 24.0 Å². The van der Waals surface area contributed by atoms with Gasteiger partial charge in [0.1, 0.15) is 0 Å². The minimum atomic E-state index is -0.680. The number of nitrogens with zero attached hydrogens (tertiary/aromatic N) is 2. The van der Waals surface area contributed by atoms with Gasteiger partial charge in [-0.05, 0) is 68.3 Å². The topological polar surface area (TPSA) is 111 Å². The molecule has 2 aliphatic heterocycles. The highest BCUT2D eigenvalue weighted by Crippen LogP contribution is 2.64. The summed E-state index contributed by atoms with van der Waals surface area (Å²) < 4.78 is 12.0. The normalized spacial score (nSPS) is 30.0. The SMILES string of the molecule is COc1ccc2c3c1O[C@H]1C(=O)CC[C@@]4(NC(=O)/C=C/c5ccc([N+](=O)[O-])cc5)C(C2)N(C)CCC314. The second kappa shape index (κ2) is 7.89. The van der Waals surface area contributed by atoms with Gasteiger partial charge in [0.15, 0.2) is 23.4 Å². The number of rotatable bonds is 5. The van der Waals surface area contributed by atoms with Gasteiger partial charge in [-0.1, -0.05) is 6.07 Å². The summed E-state index contributed by atoms with van der Waals surface area (Å²) in [6, 6.07) is 10.0. The van der Waals surface area contributed by atoms with Crippen LogP contribution in [0.4, 0.5) is 5.69 Å². The van der Waals surface area contributed by atoms with E-state index in [1.807, 2.05) is 6.07 Å². The predicted molar refractivity (Wildman–Crippen MR) is 131 cm³/mol. The Morgan fingerprint density at radius 3 is 2.75 bits per heavy atom. The number of likely N-dealkylation sites (N-methyl/N-ethyl adjacent to an activating group) is 1. The summed E-state index contributed by atoms with van der Waals surface area (Å²) in [5.41, 5.74) is 1.51. The fourth-order valence-electron chi connectivity index (χ4n) is 7.13. The van der Waals surface area contributed by atoms with Crippen molar-refractivity contribution in [1.29, 1.82) is 0 Å². The maximum absolute atomic E-state index is 13.4. The Balaban J connectivity index is 1.41. The first kappa shape index (κ1) is 22.7. The van der Waals surface area contributed by atoms with Gasteiger partial charge in [-0.3, -0.25) is 19.7 Å². The molecule has 9 heteroatoms. The first-order chi connectivity index (χ1) is 17.3. The summed E-state index contributed by atoms with van der Waals surface area (Å²) in [4.78, 5) is 39.4. The van der Waals surface area contributed by atoms with Gasteiger partial charge in [0.2, 0.25) is 5.91 Å². The summed E-state index contributed by atoms with van der Waals surface area (Å²) in [6.45, 7) is 0.796. The van der Waals surface area contributed by atoms with Crippen molar-refractivity contribution in [3.8, 4) is 11.5 Å². The standard InChI is InChI=1S/C27H27N3O6/c1-29-14-13-26-23-17-6-9-20(35-2)24(23)36-25(26)19(31)11-12-27(26,21(29)15-17)28-22(32)10-5-16-3-7-18(8-4-16)30(33)34/h3-10,21,25H,11-15H2,1-2H3,(H,28,32)/b10-5+/t21?,25-,26?,27+/m0/s1. The molecule has 1 spiro atoms. The molecule has 2 aromatic carbocycles. The fourth-order valence-corrected chi connectivity index (χ4v) is 7.13. The summed E-state index contributed by atoms with van der Waals surface area (Å²) in [7, 11) is 3.68. The number of carbonyl (C=O) groups is 2. The van der Waals surface area contributed by atoms with Crippen LogP contribution in [0.2, 0.25) is 0 Å². The van der Waals surface area contributed by atoms with E-state index in [-0.39, 0.29) is 23.4 Å². The first-order valence-electron chi connectivity index (χ1n) is 12.2. The third-order valence-corrected chi connectivity index (χ3v) is 8.66. The van der Waals surface area contributed by atoms with E-state index in [0.717, 1.165) is 24.1 Å². The van der Waals surface area contributed by atoms with Gasteiger partial charge in [-0.15, -0.1) is 0 Å². The minimum Gasteiger partial charge on any atom is -0.493 e. The second-order valence-corrected chi connectivity index (χ2v) is 10.2. The lowest BCUT2D eigenvalue weighted by atomic mass is 9.47. The Labute approximate surface area is 208 Å². The molecule has 2 bridgehead atoms. The van der Waals surface area contributed by atoms with Crippen LogP contribution >= 0.6 is 0 Å². The monoisotopic (exact) mass is 489 g/mol. The average molecular weight is 490 g/mol. The molecule has 36 heavy (non-hydrogen) atoms. The molecule has 6 rings (SSSR count). The number of carbonyl (C=O) groups excluding carboxylic acids is 2. The molecular formula is C27H27N3O6. The van der Waals surface area contributed by atoms with Crippen molar-refractivity contribution in [1.82, 2.24) is 10.2 Å².